The Morgan fingerprint density at radius 3 is 1.14 bits per heavy atom. The van der Waals surface area contributed by atoms with Crippen molar-refractivity contribution < 1.29 is 57.8 Å². The van der Waals surface area contributed by atoms with E-state index in [-0.39, 0.29) is 43.2 Å². The maximum atomic E-state index is 13.2. The van der Waals surface area contributed by atoms with E-state index in [1.807, 2.05) is 0 Å². The van der Waals surface area contributed by atoms with Gasteiger partial charge in [0.2, 0.25) is 0 Å². The number of rotatable bonds is 10. The van der Waals surface area contributed by atoms with Gasteiger partial charge in [0.25, 0.3) is 40.3 Å². The van der Waals surface area contributed by atoms with E-state index in [0.29, 0.717) is 33.5 Å². The molecule has 0 fully saturated rings. The lowest BCUT2D eigenvalue weighted by molar-refractivity contribution is 0.250. The Kier molecular flexibility index (Phi) is 10.1. The summed E-state index contributed by atoms with van der Waals surface area (Å²) in [5.41, 5.74) is 1.65. The normalized spacial score (nSPS) is 12.4. The third-order valence-corrected chi connectivity index (χ3v) is 13.1. The van der Waals surface area contributed by atoms with Crippen molar-refractivity contribution in [1.82, 2.24) is 9.44 Å². The van der Waals surface area contributed by atoms with Gasteiger partial charge in [-0.1, -0.05) is 12.1 Å². The van der Waals surface area contributed by atoms with E-state index in [9.17, 15) is 57.8 Å². The van der Waals surface area contributed by atoms with Crippen LogP contribution >= 0.6 is 0 Å². The number of benzene rings is 6. The van der Waals surface area contributed by atoms with Crippen LogP contribution in [0.15, 0.2) is 117 Å². The van der Waals surface area contributed by atoms with Gasteiger partial charge in [-0.2, -0.15) is 16.8 Å². The quantitative estimate of drug-likeness (QED) is 0.0804. The summed E-state index contributed by atoms with van der Waals surface area (Å²) in [6, 6.07) is 19.5. The monoisotopic (exact) mass is 842 g/mol. The van der Waals surface area contributed by atoms with Crippen molar-refractivity contribution in [2.45, 2.75) is 33.4 Å². The topological polar surface area (TPSA) is 283 Å². The van der Waals surface area contributed by atoms with Gasteiger partial charge in [0, 0.05) is 45.7 Å². The van der Waals surface area contributed by atoms with Crippen molar-refractivity contribution in [3.8, 4) is 11.5 Å². The zero-order valence-corrected chi connectivity index (χ0v) is 32.1. The van der Waals surface area contributed by atoms with Crippen molar-refractivity contribution in [2.75, 3.05) is 10.6 Å². The highest BCUT2D eigenvalue weighted by Gasteiger charge is 2.26. The predicted octanol–water partition coefficient (Wildman–Crippen LogP) is 5.38. The fourth-order valence-electron chi connectivity index (χ4n) is 5.97. The van der Waals surface area contributed by atoms with Crippen LogP contribution in [-0.2, 0) is 40.3 Å². The summed E-state index contributed by atoms with van der Waals surface area (Å²) in [6.07, 6.45) is 0. The van der Waals surface area contributed by atoms with Crippen molar-refractivity contribution >= 4 is 90.6 Å². The molecule has 0 aliphatic carbocycles. The molecule has 0 aliphatic heterocycles. The van der Waals surface area contributed by atoms with Crippen LogP contribution in [0.4, 0.5) is 27.5 Å². The lowest BCUT2D eigenvalue weighted by Crippen LogP contribution is -2.42. The standard InChI is InChI=1S/C35H30N4O13S4/c1-19-11-23(36-25-5-3-21-13-27(40)17-33(29(21)15-25)55(47,48)49)7-9-31(19)53(43,44)38-35(42)39-54(45,46)32-10-8-24(12-20(32)2)37-26-6-4-22-14-28(41)18-34(30(22)16-26)56(50,51)52/h3-18,36-37,40-41H,1-2H3,(H2,38,39,42)(H,47,48,49)(H,50,51,52). The first kappa shape index (κ1) is 39.7. The minimum Gasteiger partial charge on any atom is -0.508 e. The molecule has 0 saturated heterocycles. The van der Waals surface area contributed by atoms with Crippen LogP contribution in [0.2, 0.25) is 0 Å². The van der Waals surface area contributed by atoms with E-state index in [1.165, 1.54) is 74.5 Å². The van der Waals surface area contributed by atoms with Gasteiger partial charge in [-0.15, -0.1) is 0 Å². The number of phenols is 2. The van der Waals surface area contributed by atoms with E-state index in [0.717, 1.165) is 24.3 Å². The van der Waals surface area contributed by atoms with Gasteiger partial charge in [0.1, 0.15) is 21.3 Å². The summed E-state index contributed by atoms with van der Waals surface area (Å²) < 4.78 is 123. The molecule has 0 aromatic heterocycles. The van der Waals surface area contributed by atoms with Gasteiger partial charge in [-0.3, -0.25) is 9.11 Å². The van der Waals surface area contributed by atoms with Gasteiger partial charge < -0.3 is 20.8 Å². The second-order valence-corrected chi connectivity index (χ2v) is 18.5. The molecule has 17 nitrogen and oxygen atoms in total. The van der Waals surface area contributed by atoms with Gasteiger partial charge in [-0.05, 0) is 109 Å². The summed E-state index contributed by atoms with van der Waals surface area (Å²) in [7, 11) is -18.6. The maximum absolute atomic E-state index is 13.2. The van der Waals surface area contributed by atoms with E-state index in [1.54, 1.807) is 21.6 Å². The number of fused-ring (bicyclic) bond motifs is 2. The van der Waals surface area contributed by atoms with Gasteiger partial charge in [0.05, 0.1) is 9.79 Å². The van der Waals surface area contributed by atoms with Crippen molar-refractivity contribution in [3.63, 3.8) is 0 Å². The third-order valence-electron chi connectivity index (χ3n) is 8.32. The molecular formula is C35H30N4O13S4. The Bertz CT molecular complexity index is 2880. The second-order valence-electron chi connectivity index (χ2n) is 12.5. The maximum Gasteiger partial charge on any atom is 0.342 e. The third kappa shape index (κ3) is 8.46. The molecule has 292 valence electrons. The minimum atomic E-state index is -4.69. The molecule has 0 spiro atoms. The average Bonchev–Trinajstić information content (AvgIpc) is 3.06. The van der Waals surface area contributed by atoms with Gasteiger partial charge >= 0.3 is 6.03 Å². The fourth-order valence-corrected chi connectivity index (χ4v) is 9.75. The summed E-state index contributed by atoms with van der Waals surface area (Å²) in [4.78, 5) is 11.0. The number of aromatic hydroxyl groups is 2. The summed E-state index contributed by atoms with van der Waals surface area (Å²) in [5, 5.41) is 26.5. The van der Waals surface area contributed by atoms with Crippen molar-refractivity contribution in [1.29, 1.82) is 0 Å². The molecule has 6 aromatic rings. The van der Waals surface area contributed by atoms with E-state index < -0.39 is 56.1 Å². The van der Waals surface area contributed by atoms with Crippen LogP contribution in [0.5, 0.6) is 11.5 Å². The summed E-state index contributed by atoms with van der Waals surface area (Å²) in [5.74, 6) is -0.746. The SMILES string of the molecule is Cc1cc(Nc2ccc3cc(O)cc(S(=O)(=O)O)c3c2)ccc1S(=O)(=O)NC(=O)NS(=O)(=O)c1ccc(Nc2ccc3cc(O)cc(S(=O)(=O)O)c3c2)cc1C. The lowest BCUT2D eigenvalue weighted by atomic mass is 10.1. The molecule has 0 unspecified atom stereocenters. The molecule has 0 radical (unpaired) electrons. The van der Waals surface area contributed by atoms with E-state index in [4.69, 9.17) is 0 Å². The number of hydrogen-bond acceptors (Lipinski definition) is 13. The number of phenolic OH excluding ortho intramolecular Hbond substituents is 2. The first-order chi connectivity index (χ1) is 26.0. The van der Waals surface area contributed by atoms with Crippen LogP contribution in [0, 0.1) is 13.8 Å². The molecule has 0 atom stereocenters. The average molecular weight is 843 g/mol. The predicted molar refractivity (Wildman–Crippen MR) is 206 cm³/mol. The summed E-state index contributed by atoms with van der Waals surface area (Å²) >= 11 is 0. The second kappa shape index (κ2) is 14.3. The first-order valence-corrected chi connectivity index (χ1v) is 21.7. The molecule has 0 heterocycles. The largest absolute Gasteiger partial charge is 0.508 e. The van der Waals surface area contributed by atoms with Crippen LogP contribution in [0.3, 0.4) is 0 Å². The molecule has 6 rings (SSSR count). The van der Waals surface area contributed by atoms with Gasteiger partial charge in [-0.25, -0.2) is 31.1 Å². The number of carbonyl (C=O) groups excluding carboxylic acids is 1. The zero-order valence-electron chi connectivity index (χ0n) is 28.8. The first-order valence-electron chi connectivity index (χ1n) is 15.8. The number of carbonyl (C=O) groups is 1. The molecule has 56 heavy (non-hydrogen) atoms. The smallest absolute Gasteiger partial charge is 0.342 e. The zero-order chi connectivity index (χ0) is 41.0. The van der Waals surface area contributed by atoms with E-state index >= 15 is 0 Å². The van der Waals surface area contributed by atoms with Crippen LogP contribution in [0.25, 0.3) is 21.5 Å². The number of anilines is 4. The summed E-state index contributed by atoms with van der Waals surface area (Å²) in [6.45, 7) is 2.84. The molecule has 2 amide bonds. The molecule has 0 saturated carbocycles. The number of amides is 2. The number of sulfonamides is 2. The number of urea groups is 1. The minimum absolute atomic E-state index is 0.0995. The molecule has 6 aromatic carbocycles. The van der Waals surface area contributed by atoms with Crippen LogP contribution in [0.1, 0.15) is 11.1 Å². The highest BCUT2D eigenvalue weighted by atomic mass is 32.2. The molecule has 0 bridgehead atoms. The van der Waals surface area contributed by atoms with Crippen molar-refractivity contribution in [3.05, 3.63) is 108 Å². The highest BCUT2D eigenvalue weighted by molar-refractivity contribution is 7.91. The highest BCUT2D eigenvalue weighted by Crippen LogP contribution is 2.33. The molecule has 0 aliphatic rings. The number of nitrogens with one attached hydrogen (secondary N) is 4. The van der Waals surface area contributed by atoms with Crippen LogP contribution in [-0.4, -0.2) is 59.0 Å². The fraction of sp³-hybridized carbons (Fsp3) is 0.0571. The Labute approximate surface area is 320 Å². The Balaban J connectivity index is 1.15. The molecule has 8 N–H and O–H groups in total. The van der Waals surface area contributed by atoms with Crippen molar-refractivity contribution in [2.24, 2.45) is 0 Å². The Morgan fingerprint density at radius 2 is 0.804 bits per heavy atom. The number of hydrogen-bond donors (Lipinski definition) is 8. The van der Waals surface area contributed by atoms with E-state index in [2.05, 4.69) is 10.6 Å². The van der Waals surface area contributed by atoms with Gasteiger partial charge in [0.15, 0.2) is 0 Å². The van der Waals surface area contributed by atoms with Crippen LogP contribution < -0.4 is 20.1 Å². The Morgan fingerprint density at radius 1 is 0.464 bits per heavy atom. The lowest BCUT2D eigenvalue weighted by Gasteiger charge is -2.15. The molecule has 21 heteroatoms. The molecular weight excluding hydrogens is 813 g/mol. The number of aryl methyl sites for hydroxylation is 2. The Hall–Kier alpha value is -5.97.